The maximum Gasteiger partial charge on any atom is 0.261 e. The van der Waals surface area contributed by atoms with Crippen LogP contribution in [0.15, 0.2) is 29.3 Å². The fraction of sp³-hybridized carbons (Fsp3) is 0.167. The Labute approximate surface area is 98.1 Å². The van der Waals surface area contributed by atoms with Crippen molar-refractivity contribution in [3.63, 3.8) is 0 Å². The average molecular weight is 232 g/mol. The Kier molecular flexibility index (Phi) is 2.38. The van der Waals surface area contributed by atoms with Gasteiger partial charge < -0.3 is 10.8 Å². The zero-order valence-electron chi connectivity index (χ0n) is 9.52. The van der Waals surface area contributed by atoms with Crippen LogP contribution in [0.2, 0.25) is 0 Å². The first kappa shape index (κ1) is 11.2. The third-order valence-electron chi connectivity index (χ3n) is 2.88. The number of phenolic OH excluding ortho intramolecular Hbond substituents is 1. The third-order valence-corrected chi connectivity index (χ3v) is 2.88. The zero-order valence-corrected chi connectivity index (χ0v) is 9.52. The van der Waals surface area contributed by atoms with Gasteiger partial charge in [0.2, 0.25) is 0 Å². The van der Waals surface area contributed by atoms with E-state index in [4.69, 9.17) is 5.73 Å². The second-order valence-electron chi connectivity index (χ2n) is 3.94. The first-order valence-electron chi connectivity index (χ1n) is 5.08. The molecule has 0 saturated carbocycles. The molecule has 5 nitrogen and oxygen atoms in total. The summed E-state index contributed by atoms with van der Waals surface area (Å²) in [6, 6.07) is 4.28. The smallest absolute Gasteiger partial charge is 0.261 e. The van der Waals surface area contributed by atoms with Crippen LogP contribution >= 0.6 is 0 Å². The van der Waals surface area contributed by atoms with Gasteiger partial charge in [0.1, 0.15) is 5.75 Å². The number of hydrogen-bond donors (Lipinski definition) is 2. The van der Waals surface area contributed by atoms with Gasteiger partial charge in [0.25, 0.3) is 11.8 Å². The maximum absolute atomic E-state index is 11.9. The normalized spacial score (nSPS) is 16.0. The molecular formula is C12H12N2O3. The number of phenols is 1. The van der Waals surface area contributed by atoms with E-state index in [1.807, 2.05) is 0 Å². The first-order chi connectivity index (χ1) is 7.93. The number of rotatable bonds is 1. The molecule has 0 unspecified atom stereocenters. The molecule has 5 heteroatoms. The quantitative estimate of drug-likeness (QED) is 0.432. The van der Waals surface area contributed by atoms with Crippen molar-refractivity contribution in [2.24, 2.45) is 0 Å². The summed E-state index contributed by atoms with van der Waals surface area (Å²) in [5.41, 5.74) is 6.83. The molecule has 2 amide bonds. The molecule has 1 aliphatic rings. The van der Waals surface area contributed by atoms with Gasteiger partial charge in [-0.3, -0.25) is 9.59 Å². The summed E-state index contributed by atoms with van der Waals surface area (Å²) in [6.45, 7) is 3.21. The Hall–Kier alpha value is -2.30. The van der Waals surface area contributed by atoms with E-state index in [9.17, 15) is 14.7 Å². The van der Waals surface area contributed by atoms with Gasteiger partial charge >= 0.3 is 0 Å². The Morgan fingerprint density at radius 1 is 1.12 bits per heavy atom. The highest BCUT2D eigenvalue weighted by Crippen LogP contribution is 2.31. The van der Waals surface area contributed by atoms with E-state index in [0.29, 0.717) is 16.8 Å². The highest BCUT2D eigenvalue weighted by Gasteiger charge is 2.34. The van der Waals surface area contributed by atoms with E-state index >= 15 is 0 Å². The van der Waals surface area contributed by atoms with E-state index in [-0.39, 0.29) is 23.3 Å². The number of carbonyl (C=O) groups is 2. The Morgan fingerprint density at radius 3 is 2.12 bits per heavy atom. The van der Waals surface area contributed by atoms with Gasteiger partial charge in [-0.2, -0.15) is 0 Å². The largest absolute Gasteiger partial charge is 0.506 e. The van der Waals surface area contributed by atoms with Crippen LogP contribution in [-0.4, -0.2) is 16.9 Å². The number of benzene rings is 1. The number of hydrogen-bond acceptors (Lipinski definition) is 4. The van der Waals surface area contributed by atoms with Gasteiger partial charge in [-0.25, -0.2) is 4.90 Å². The molecule has 17 heavy (non-hydrogen) atoms. The predicted octanol–water partition coefficient (Wildman–Crippen LogP) is 1.18. The van der Waals surface area contributed by atoms with Crippen molar-refractivity contribution in [1.29, 1.82) is 0 Å². The molecule has 0 aromatic heterocycles. The summed E-state index contributed by atoms with van der Waals surface area (Å²) in [7, 11) is 0. The molecule has 3 N–H and O–H groups in total. The van der Waals surface area contributed by atoms with Crippen LogP contribution in [0.25, 0.3) is 0 Å². The zero-order chi connectivity index (χ0) is 12.7. The van der Waals surface area contributed by atoms with Crippen molar-refractivity contribution in [3.05, 3.63) is 29.3 Å². The SMILES string of the molecule is CC1=C(C)C(=O)N(c2ccc(N)c(O)c2)C1=O. The van der Waals surface area contributed by atoms with Gasteiger partial charge in [0.05, 0.1) is 11.4 Å². The monoisotopic (exact) mass is 232 g/mol. The second kappa shape index (κ2) is 3.62. The van der Waals surface area contributed by atoms with E-state index in [0.717, 1.165) is 4.90 Å². The van der Waals surface area contributed by atoms with Crippen LogP contribution in [0.1, 0.15) is 13.8 Å². The molecule has 1 heterocycles. The van der Waals surface area contributed by atoms with Crippen LogP contribution in [0.5, 0.6) is 5.75 Å². The fourth-order valence-corrected chi connectivity index (χ4v) is 1.65. The highest BCUT2D eigenvalue weighted by molar-refractivity contribution is 6.32. The molecular weight excluding hydrogens is 220 g/mol. The van der Waals surface area contributed by atoms with Crippen molar-refractivity contribution in [2.45, 2.75) is 13.8 Å². The van der Waals surface area contributed by atoms with Crippen molar-refractivity contribution >= 4 is 23.2 Å². The Bertz CT molecular complexity index is 537. The molecule has 1 aliphatic heterocycles. The topological polar surface area (TPSA) is 83.6 Å². The molecule has 1 aromatic carbocycles. The molecule has 0 bridgehead atoms. The summed E-state index contributed by atoms with van der Waals surface area (Å²) in [5, 5.41) is 9.48. The average Bonchev–Trinajstić information content (AvgIpc) is 2.48. The maximum atomic E-state index is 11.9. The lowest BCUT2D eigenvalue weighted by Gasteiger charge is -2.15. The number of amides is 2. The molecule has 0 saturated heterocycles. The van der Waals surface area contributed by atoms with Crippen molar-refractivity contribution in [1.82, 2.24) is 0 Å². The summed E-state index contributed by atoms with van der Waals surface area (Å²) in [5.74, 6) is -0.876. The Morgan fingerprint density at radius 2 is 1.65 bits per heavy atom. The lowest BCUT2D eigenvalue weighted by Crippen LogP contribution is -2.31. The molecule has 2 rings (SSSR count). The molecule has 1 aromatic rings. The minimum absolute atomic E-state index is 0.148. The minimum atomic E-state index is -0.364. The Balaban J connectivity index is 2.47. The number of aromatic hydroxyl groups is 1. The van der Waals surface area contributed by atoms with Gasteiger partial charge in [0, 0.05) is 17.2 Å². The van der Waals surface area contributed by atoms with Crippen LogP contribution < -0.4 is 10.6 Å². The van der Waals surface area contributed by atoms with E-state index < -0.39 is 0 Å². The summed E-state index contributed by atoms with van der Waals surface area (Å²) >= 11 is 0. The van der Waals surface area contributed by atoms with Gasteiger partial charge in [-0.05, 0) is 26.0 Å². The fourth-order valence-electron chi connectivity index (χ4n) is 1.65. The second-order valence-corrected chi connectivity index (χ2v) is 3.94. The lowest BCUT2D eigenvalue weighted by molar-refractivity contribution is -0.120. The standard InChI is InChI=1S/C12H12N2O3/c1-6-7(2)12(17)14(11(6)16)8-3-4-9(13)10(15)5-8/h3-5,15H,13H2,1-2H3. The van der Waals surface area contributed by atoms with E-state index in [1.165, 1.54) is 18.2 Å². The number of nitrogen functional groups attached to an aromatic ring is 1. The first-order valence-corrected chi connectivity index (χ1v) is 5.08. The summed E-state index contributed by atoms with van der Waals surface area (Å²) < 4.78 is 0. The van der Waals surface area contributed by atoms with E-state index in [2.05, 4.69) is 0 Å². The van der Waals surface area contributed by atoms with Crippen LogP contribution in [0.4, 0.5) is 11.4 Å². The van der Waals surface area contributed by atoms with Crippen molar-refractivity contribution < 1.29 is 14.7 Å². The predicted molar refractivity (Wildman–Crippen MR) is 63.4 cm³/mol. The molecule has 0 radical (unpaired) electrons. The number of anilines is 2. The van der Waals surface area contributed by atoms with Crippen LogP contribution in [0.3, 0.4) is 0 Å². The van der Waals surface area contributed by atoms with Gasteiger partial charge in [-0.1, -0.05) is 0 Å². The highest BCUT2D eigenvalue weighted by atomic mass is 16.3. The lowest BCUT2D eigenvalue weighted by atomic mass is 10.2. The summed E-state index contributed by atoms with van der Waals surface area (Å²) in [4.78, 5) is 24.7. The number of nitrogens with zero attached hydrogens (tertiary/aromatic N) is 1. The number of carbonyl (C=O) groups excluding carboxylic acids is 2. The van der Waals surface area contributed by atoms with Crippen molar-refractivity contribution in [2.75, 3.05) is 10.6 Å². The number of nitrogens with two attached hydrogens (primary N) is 1. The van der Waals surface area contributed by atoms with Gasteiger partial charge in [-0.15, -0.1) is 0 Å². The van der Waals surface area contributed by atoms with Crippen LogP contribution in [-0.2, 0) is 9.59 Å². The molecule has 0 atom stereocenters. The minimum Gasteiger partial charge on any atom is -0.506 e. The van der Waals surface area contributed by atoms with Crippen molar-refractivity contribution in [3.8, 4) is 5.75 Å². The van der Waals surface area contributed by atoms with Gasteiger partial charge in [0.15, 0.2) is 0 Å². The van der Waals surface area contributed by atoms with Crippen LogP contribution in [0, 0.1) is 0 Å². The molecule has 88 valence electrons. The molecule has 0 aliphatic carbocycles. The molecule has 0 fully saturated rings. The number of imide groups is 1. The van der Waals surface area contributed by atoms with E-state index in [1.54, 1.807) is 13.8 Å². The molecule has 0 spiro atoms. The third kappa shape index (κ3) is 1.56. The summed E-state index contributed by atoms with van der Waals surface area (Å²) in [6.07, 6.45) is 0.